The fourth-order valence-electron chi connectivity index (χ4n) is 6.37. The first kappa shape index (κ1) is 18.3. The number of allylic oxidation sites excluding steroid dienone is 1. The van der Waals surface area contributed by atoms with Crippen molar-refractivity contribution in [2.75, 3.05) is 0 Å². The van der Waals surface area contributed by atoms with Gasteiger partial charge in [-0.2, -0.15) is 0 Å². The van der Waals surface area contributed by atoms with E-state index < -0.39 is 0 Å². The summed E-state index contributed by atoms with van der Waals surface area (Å²) >= 11 is 2.42. The van der Waals surface area contributed by atoms with Crippen LogP contribution in [0.15, 0.2) is 62.2 Å². The quantitative estimate of drug-likeness (QED) is 0.246. The second-order valence-corrected chi connectivity index (χ2v) is 11.0. The Morgan fingerprint density at radius 1 is 1.00 bits per heavy atom. The zero-order valence-electron chi connectivity index (χ0n) is 16.8. The molecule has 3 atom stereocenters. The highest BCUT2D eigenvalue weighted by atomic mass is 32.2. The topological polar surface area (TPSA) is 68.6 Å². The van der Waals surface area contributed by atoms with Crippen LogP contribution in [-0.4, -0.2) is 10.2 Å². The standard InChI is InChI=1S/C26H14N2O2S2/c1-11-7-8-15-13(9-11)20-18-17(19-12-5-3-4-6-14(12)26(15,19)20)21(29)23-24(22(18)30)32-25(31-23)16(10-27)28-2/h3-9,19-20,29-30H,1H3/b25-16+/t19-,20?,26?/m0/s1. The van der Waals surface area contributed by atoms with Gasteiger partial charge in [-0.25, -0.2) is 10.1 Å². The summed E-state index contributed by atoms with van der Waals surface area (Å²) in [5.41, 5.74) is 7.50. The summed E-state index contributed by atoms with van der Waals surface area (Å²) in [5.74, 6) is 0.330. The van der Waals surface area contributed by atoms with Crippen LogP contribution >= 0.6 is 23.5 Å². The number of hydrogen-bond donors (Lipinski definition) is 2. The Hall–Kier alpha value is -3.32. The summed E-state index contributed by atoms with van der Waals surface area (Å²) in [6, 6.07) is 16.9. The van der Waals surface area contributed by atoms with Gasteiger partial charge >= 0.3 is 0 Å². The molecule has 4 nitrogen and oxygen atoms in total. The van der Waals surface area contributed by atoms with Gasteiger partial charge in [0.15, 0.2) is 0 Å². The molecule has 3 aromatic carbocycles. The Morgan fingerprint density at radius 2 is 1.62 bits per heavy atom. The molecule has 3 aromatic rings. The van der Waals surface area contributed by atoms with Gasteiger partial charge in [0.05, 0.1) is 26.7 Å². The highest BCUT2D eigenvalue weighted by molar-refractivity contribution is 8.24. The molecule has 0 amide bonds. The molecule has 7 rings (SSSR count). The molecule has 6 heteroatoms. The molecule has 0 fully saturated rings. The van der Waals surface area contributed by atoms with Gasteiger partial charge in [0.1, 0.15) is 11.5 Å². The molecule has 2 unspecified atom stereocenters. The van der Waals surface area contributed by atoms with Crippen LogP contribution in [0.4, 0.5) is 0 Å². The van der Waals surface area contributed by atoms with E-state index in [9.17, 15) is 15.5 Å². The van der Waals surface area contributed by atoms with E-state index in [0.29, 0.717) is 14.0 Å². The van der Waals surface area contributed by atoms with E-state index in [1.54, 1.807) is 0 Å². The van der Waals surface area contributed by atoms with Crippen LogP contribution < -0.4 is 0 Å². The molecule has 0 saturated heterocycles. The van der Waals surface area contributed by atoms with E-state index in [1.165, 1.54) is 51.3 Å². The molecule has 3 aliphatic carbocycles. The monoisotopic (exact) mass is 450 g/mol. The molecule has 0 radical (unpaired) electrons. The molecule has 1 heterocycles. The number of nitriles is 1. The Bertz CT molecular complexity index is 1540. The van der Waals surface area contributed by atoms with E-state index in [2.05, 4.69) is 48.2 Å². The van der Waals surface area contributed by atoms with Crippen molar-refractivity contribution < 1.29 is 10.2 Å². The molecule has 0 aromatic heterocycles. The number of hydrogen-bond acceptors (Lipinski definition) is 5. The highest BCUT2D eigenvalue weighted by Crippen LogP contribution is 2.80. The second kappa shape index (κ2) is 5.72. The van der Waals surface area contributed by atoms with E-state index in [1.807, 2.05) is 12.1 Å². The molecule has 1 spiro atoms. The lowest BCUT2D eigenvalue weighted by atomic mass is 9.43. The first-order valence-electron chi connectivity index (χ1n) is 10.2. The summed E-state index contributed by atoms with van der Waals surface area (Å²) < 4.78 is 0.511. The van der Waals surface area contributed by atoms with Gasteiger partial charge in [-0.05, 0) is 29.2 Å². The van der Waals surface area contributed by atoms with E-state index in [-0.39, 0.29) is 34.4 Å². The maximum Gasteiger partial charge on any atom is 0.282 e. The molecule has 0 saturated carbocycles. The smallest absolute Gasteiger partial charge is 0.282 e. The molecule has 1 aliphatic heterocycles. The molecular formula is C26H14N2O2S2. The Balaban J connectivity index is 1.55. The van der Waals surface area contributed by atoms with Gasteiger partial charge in [0.25, 0.3) is 5.70 Å². The number of thioether (sulfide) groups is 2. The van der Waals surface area contributed by atoms with Gasteiger partial charge in [-0.15, -0.1) is 0 Å². The third kappa shape index (κ3) is 1.74. The zero-order chi connectivity index (χ0) is 21.9. The first-order valence-corrected chi connectivity index (χ1v) is 11.9. The number of rotatable bonds is 0. The van der Waals surface area contributed by atoms with Gasteiger partial charge in [-0.3, -0.25) is 0 Å². The van der Waals surface area contributed by atoms with Crippen molar-refractivity contribution in [2.45, 2.75) is 34.0 Å². The fraction of sp³-hybridized carbons (Fsp3) is 0.154. The third-order valence-electron chi connectivity index (χ3n) is 7.41. The first-order chi connectivity index (χ1) is 15.5. The SMILES string of the molecule is [C-]#[N+]/C(C#N)=C1/Sc2c(O)c3c(c(O)c2S1)[C@@H]1c2ccccc2C12c1ccc(C)cc1C32. The van der Waals surface area contributed by atoms with Crippen LogP contribution in [0.25, 0.3) is 4.85 Å². The average molecular weight is 451 g/mol. The lowest BCUT2D eigenvalue weighted by Crippen LogP contribution is -2.52. The maximum absolute atomic E-state index is 11.5. The fourth-order valence-corrected chi connectivity index (χ4v) is 8.82. The Kier molecular flexibility index (Phi) is 3.27. The van der Waals surface area contributed by atoms with E-state index in [4.69, 9.17) is 6.57 Å². The lowest BCUT2D eigenvalue weighted by molar-refractivity contribution is 0.325. The lowest BCUT2D eigenvalue weighted by Gasteiger charge is -2.58. The minimum absolute atomic E-state index is 0.0110. The molecular weight excluding hydrogens is 436 g/mol. The van der Waals surface area contributed by atoms with Crippen LogP contribution in [0, 0.1) is 24.8 Å². The molecule has 0 bridgehead atoms. The molecule has 32 heavy (non-hydrogen) atoms. The van der Waals surface area contributed by atoms with E-state index in [0.717, 1.165) is 11.1 Å². The predicted molar refractivity (Wildman–Crippen MR) is 123 cm³/mol. The highest BCUT2D eigenvalue weighted by Gasteiger charge is 2.71. The number of fused-ring (bicyclic) bond motifs is 8. The Morgan fingerprint density at radius 3 is 2.28 bits per heavy atom. The number of phenolic OH excluding ortho intramolecular Hbond substituents is 2. The number of phenols is 2. The zero-order valence-corrected chi connectivity index (χ0v) is 18.4. The van der Waals surface area contributed by atoms with Crippen molar-refractivity contribution in [3.63, 3.8) is 0 Å². The van der Waals surface area contributed by atoms with Crippen LogP contribution in [-0.2, 0) is 5.41 Å². The molecule has 2 N–H and O–H groups in total. The summed E-state index contributed by atoms with van der Waals surface area (Å²) in [4.78, 5) is 4.43. The summed E-state index contributed by atoms with van der Waals surface area (Å²) in [6.07, 6.45) is 0. The van der Waals surface area contributed by atoms with Crippen molar-refractivity contribution in [3.05, 3.63) is 103 Å². The summed E-state index contributed by atoms with van der Waals surface area (Å²) in [7, 11) is 0. The van der Waals surface area contributed by atoms with Gasteiger partial charge in [-0.1, -0.05) is 71.6 Å². The number of aromatic hydroxyl groups is 2. The summed E-state index contributed by atoms with van der Waals surface area (Å²) in [6.45, 7) is 9.35. The second-order valence-electron chi connectivity index (χ2n) is 8.66. The predicted octanol–water partition coefficient (Wildman–Crippen LogP) is 6.11. The van der Waals surface area contributed by atoms with E-state index >= 15 is 0 Å². The average Bonchev–Trinajstić information content (AvgIpc) is 3.31. The number of benzene rings is 3. The Labute approximate surface area is 193 Å². The number of aryl methyl sites for hydroxylation is 1. The van der Waals surface area contributed by atoms with Crippen molar-refractivity contribution in [2.24, 2.45) is 0 Å². The maximum atomic E-state index is 11.5. The normalized spacial score (nSPS) is 26.1. The van der Waals surface area contributed by atoms with Crippen molar-refractivity contribution in [3.8, 4) is 17.6 Å². The van der Waals surface area contributed by atoms with Crippen molar-refractivity contribution in [1.82, 2.24) is 0 Å². The van der Waals surface area contributed by atoms with Crippen molar-refractivity contribution >= 4 is 23.5 Å². The minimum Gasteiger partial charge on any atom is -0.506 e. The molecule has 152 valence electrons. The third-order valence-corrected chi connectivity index (χ3v) is 10.00. The van der Waals surface area contributed by atoms with Crippen LogP contribution in [0.2, 0.25) is 0 Å². The molecule has 4 aliphatic rings. The van der Waals surface area contributed by atoms with Gasteiger partial charge in [0.2, 0.25) is 0 Å². The minimum atomic E-state index is -0.242. The van der Waals surface area contributed by atoms with Gasteiger partial charge < -0.3 is 10.2 Å². The van der Waals surface area contributed by atoms with Crippen LogP contribution in [0.3, 0.4) is 0 Å². The van der Waals surface area contributed by atoms with Crippen LogP contribution in [0.5, 0.6) is 11.5 Å². The van der Waals surface area contributed by atoms with Crippen molar-refractivity contribution in [1.29, 1.82) is 5.26 Å². The van der Waals surface area contributed by atoms with Gasteiger partial charge in [0, 0.05) is 28.4 Å². The summed E-state index contributed by atoms with van der Waals surface area (Å²) in [5, 5.41) is 32.4. The number of nitrogens with zero attached hydrogens (tertiary/aromatic N) is 2. The largest absolute Gasteiger partial charge is 0.506 e. The van der Waals surface area contributed by atoms with Crippen LogP contribution in [0.1, 0.15) is 50.8 Å².